The molecule has 0 saturated carbocycles. The van der Waals surface area contributed by atoms with Gasteiger partial charge in [0.25, 0.3) is 0 Å². The zero-order chi connectivity index (χ0) is 20.6. The van der Waals surface area contributed by atoms with Crippen LogP contribution in [-0.4, -0.2) is 17.7 Å². The van der Waals surface area contributed by atoms with Gasteiger partial charge in [-0.05, 0) is 58.0 Å². The molecule has 1 heterocycles. The van der Waals surface area contributed by atoms with Crippen LogP contribution in [0.2, 0.25) is 0 Å². The van der Waals surface area contributed by atoms with Crippen LogP contribution in [0.1, 0.15) is 37.5 Å². The van der Waals surface area contributed by atoms with E-state index in [4.69, 9.17) is 17.6 Å². The van der Waals surface area contributed by atoms with Crippen LogP contribution < -0.4 is 10.6 Å². The van der Waals surface area contributed by atoms with Crippen LogP contribution in [-0.2, 0) is 22.4 Å². The van der Waals surface area contributed by atoms with Crippen molar-refractivity contribution in [3.63, 3.8) is 0 Å². The van der Waals surface area contributed by atoms with Crippen molar-refractivity contribution < 1.29 is 17.7 Å². The van der Waals surface area contributed by atoms with Crippen LogP contribution in [0.25, 0.3) is 17.4 Å². The van der Waals surface area contributed by atoms with Gasteiger partial charge in [0.15, 0.2) is 0 Å². The van der Waals surface area contributed by atoms with Gasteiger partial charge in [-0.2, -0.15) is 0 Å². The lowest BCUT2D eigenvalue weighted by Gasteiger charge is -2.31. The van der Waals surface area contributed by atoms with Crippen molar-refractivity contribution in [1.29, 1.82) is 0 Å². The van der Waals surface area contributed by atoms with Gasteiger partial charge in [0.1, 0.15) is 5.75 Å². The maximum absolute atomic E-state index is 9.90. The molecule has 6 heteroatoms. The van der Waals surface area contributed by atoms with Crippen LogP contribution >= 0.6 is 0 Å². The second kappa shape index (κ2) is 7.20. The molecule has 0 radical (unpaired) electrons. The Kier molecular flexibility index (Phi) is 5.08. The van der Waals surface area contributed by atoms with Gasteiger partial charge < -0.3 is 5.11 Å². The minimum absolute atomic E-state index is 0.227. The number of aromatic hydroxyl groups is 1. The molecule has 0 aromatic heterocycles. The molecule has 28 heavy (non-hydrogen) atoms. The van der Waals surface area contributed by atoms with E-state index in [0.29, 0.717) is 0 Å². The van der Waals surface area contributed by atoms with E-state index in [1.165, 1.54) is 16.5 Å². The minimum Gasteiger partial charge on any atom is -0.508 e. The first-order valence-electron chi connectivity index (χ1n) is 8.89. The Morgan fingerprint density at radius 3 is 2.32 bits per heavy atom. The normalized spacial score (nSPS) is 13.5. The summed E-state index contributed by atoms with van der Waals surface area (Å²) >= 11 is 0. The Morgan fingerprint density at radius 1 is 1.00 bits per heavy atom. The SMILES string of the molecule is C=c1cc2c(c3ccc(CC)cc13)=Nc1ccc(O)cc1C2(C)C.O=S(=O)=O. The predicted molar refractivity (Wildman–Crippen MR) is 109 cm³/mol. The van der Waals surface area contributed by atoms with Crippen molar-refractivity contribution in [2.45, 2.75) is 32.6 Å². The van der Waals surface area contributed by atoms with Crippen molar-refractivity contribution in [2.75, 3.05) is 0 Å². The molecule has 0 saturated heterocycles. The van der Waals surface area contributed by atoms with E-state index in [2.05, 4.69) is 51.6 Å². The third-order valence-electron chi connectivity index (χ3n) is 5.23. The van der Waals surface area contributed by atoms with E-state index < -0.39 is 10.6 Å². The number of phenols is 1. The van der Waals surface area contributed by atoms with Crippen molar-refractivity contribution in [2.24, 2.45) is 4.99 Å². The van der Waals surface area contributed by atoms with Gasteiger partial charge in [-0.1, -0.05) is 45.5 Å². The summed E-state index contributed by atoms with van der Waals surface area (Å²) in [6, 6.07) is 14.2. The van der Waals surface area contributed by atoms with Crippen LogP contribution in [0, 0.1) is 0 Å². The quantitative estimate of drug-likeness (QED) is 0.686. The van der Waals surface area contributed by atoms with Crippen LogP contribution in [0.4, 0.5) is 5.69 Å². The second-order valence-electron chi connectivity index (χ2n) is 7.31. The molecule has 0 amide bonds. The summed E-state index contributed by atoms with van der Waals surface area (Å²) in [5, 5.41) is 14.3. The average Bonchev–Trinajstić information content (AvgIpc) is 2.63. The number of fused-ring (bicyclic) bond motifs is 4. The van der Waals surface area contributed by atoms with Crippen LogP contribution in [0.5, 0.6) is 5.75 Å². The Labute approximate surface area is 164 Å². The first kappa shape index (κ1) is 19.8. The number of aryl methyl sites for hydroxylation is 1. The van der Waals surface area contributed by atoms with Crippen molar-refractivity contribution in [1.82, 2.24) is 0 Å². The molecule has 3 aromatic carbocycles. The average molecular weight is 395 g/mol. The monoisotopic (exact) mass is 395 g/mol. The van der Waals surface area contributed by atoms with Gasteiger partial charge in [0, 0.05) is 10.8 Å². The fraction of sp³-hybridized carbons (Fsp3) is 0.227. The van der Waals surface area contributed by atoms with E-state index in [-0.39, 0.29) is 11.2 Å². The molecule has 1 aliphatic rings. The fourth-order valence-electron chi connectivity index (χ4n) is 3.73. The number of benzene rings is 3. The summed E-state index contributed by atoms with van der Waals surface area (Å²) in [7, 11) is -3.11. The highest BCUT2D eigenvalue weighted by Gasteiger charge is 2.31. The van der Waals surface area contributed by atoms with Crippen molar-refractivity contribution in [3.05, 3.63) is 69.7 Å². The maximum Gasteiger partial charge on any atom is 0.425 e. The number of phenolic OH excluding ortho intramolecular Hbond substituents is 1. The molecule has 144 valence electrons. The molecule has 1 aliphatic heterocycles. The molecule has 0 unspecified atom stereocenters. The molecular formula is C22H21NO4S. The van der Waals surface area contributed by atoms with Gasteiger partial charge >= 0.3 is 10.6 Å². The van der Waals surface area contributed by atoms with E-state index in [0.717, 1.165) is 33.6 Å². The Morgan fingerprint density at radius 2 is 1.68 bits per heavy atom. The molecular weight excluding hydrogens is 374 g/mol. The highest BCUT2D eigenvalue weighted by molar-refractivity contribution is 7.59. The molecule has 0 fully saturated rings. The van der Waals surface area contributed by atoms with Crippen molar-refractivity contribution in [3.8, 4) is 5.75 Å². The number of hydrogen-bond acceptors (Lipinski definition) is 5. The third-order valence-corrected chi connectivity index (χ3v) is 5.23. The Bertz CT molecular complexity index is 1300. The molecule has 1 N–H and O–H groups in total. The molecule has 4 rings (SSSR count). The highest BCUT2D eigenvalue weighted by atomic mass is 32.2. The van der Waals surface area contributed by atoms with E-state index >= 15 is 0 Å². The number of rotatable bonds is 1. The lowest BCUT2D eigenvalue weighted by molar-refractivity contribution is 0.472. The molecule has 5 nitrogen and oxygen atoms in total. The van der Waals surface area contributed by atoms with Crippen molar-refractivity contribution >= 4 is 33.6 Å². The topological polar surface area (TPSA) is 83.8 Å². The summed E-state index contributed by atoms with van der Waals surface area (Å²) in [4.78, 5) is 4.93. The summed E-state index contributed by atoms with van der Waals surface area (Å²) in [6.45, 7) is 10.8. The first-order valence-corrected chi connectivity index (χ1v) is 9.89. The van der Waals surface area contributed by atoms with E-state index in [9.17, 15) is 5.11 Å². The summed E-state index contributed by atoms with van der Waals surface area (Å²) in [5.41, 5.74) is 4.24. The first-order chi connectivity index (χ1) is 13.1. The molecule has 3 aromatic rings. The molecule has 0 atom stereocenters. The van der Waals surface area contributed by atoms with E-state index in [1.807, 2.05) is 12.1 Å². The summed E-state index contributed by atoms with van der Waals surface area (Å²) in [5.74, 6) is 0.281. The number of hydrogen-bond donors (Lipinski definition) is 1. The fourth-order valence-corrected chi connectivity index (χ4v) is 3.73. The Hall–Kier alpha value is -2.99. The van der Waals surface area contributed by atoms with Gasteiger partial charge in [-0.25, -0.2) is 4.99 Å². The number of nitrogens with zero attached hydrogens (tertiary/aromatic N) is 1. The highest BCUT2D eigenvalue weighted by Crippen LogP contribution is 2.40. The largest absolute Gasteiger partial charge is 0.508 e. The molecule has 0 bridgehead atoms. The lowest BCUT2D eigenvalue weighted by atomic mass is 9.74. The standard InChI is InChI=1S/C22H21NO.O3S/c1-5-14-6-8-16-17(11-14)13(2)10-19-21(16)23-20-9-7-15(24)12-18(20)22(19,3)4;1-4(2)3/h6-12,24H,2,5H2,1,3-4H3;. The van der Waals surface area contributed by atoms with Gasteiger partial charge in [0.05, 0.1) is 11.0 Å². The van der Waals surface area contributed by atoms with Crippen LogP contribution in [0.3, 0.4) is 0 Å². The van der Waals surface area contributed by atoms with E-state index in [1.54, 1.807) is 6.07 Å². The lowest BCUT2D eigenvalue weighted by Crippen LogP contribution is -2.33. The van der Waals surface area contributed by atoms with Gasteiger partial charge in [-0.3, -0.25) is 0 Å². The maximum atomic E-state index is 9.90. The van der Waals surface area contributed by atoms with Gasteiger partial charge in [0.2, 0.25) is 0 Å². The Balaban J connectivity index is 0.000000516. The van der Waals surface area contributed by atoms with Crippen LogP contribution in [0.15, 0.2) is 47.5 Å². The van der Waals surface area contributed by atoms with Gasteiger partial charge in [-0.15, -0.1) is 12.6 Å². The third kappa shape index (κ3) is 3.43. The molecule has 0 spiro atoms. The predicted octanol–water partition coefficient (Wildman–Crippen LogP) is 3.10. The minimum atomic E-state index is -3.11. The zero-order valence-electron chi connectivity index (χ0n) is 16.0. The molecule has 0 aliphatic carbocycles. The smallest absolute Gasteiger partial charge is 0.425 e. The zero-order valence-corrected chi connectivity index (χ0v) is 16.8. The summed E-state index contributed by atoms with van der Waals surface area (Å²) < 4.78 is 25.3. The summed E-state index contributed by atoms with van der Waals surface area (Å²) in [6.07, 6.45) is 1.01. The second-order valence-corrected chi connectivity index (χ2v) is 7.72.